The Bertz CT molecular complexity index is 413. The lowest BCUT2D eigenvalue weighted by Gasteiger charge is -2.14. The highest BCUT2D eigenvalue weighted by atomic mass is 35.5. The Morgan fingerprint density at radius 2 is 2.17 bits per heavy atom. The van der Waals surface area contributed by atoms with Crippen molar-refractivity contribution in [3.63, 3.8) is 0 Å². The Labute approximate surface area is 116 Å². The quantitative estimate of drug-likeness (QED) is 0.779. The number of hydrogen-bond donors (Lipinski definition) is 3. The molecule has 3 N–H and O–H groups in total. The molecule has 6 heteroatoms. The van der Waals surface area contributed by atoms with E-state index in [1.165, 1.54) is 0 Å². The number of nitrogens with one attached hydrogen (secondary N) is 2. The molecule has 0 aliphatic carbocycles. The molecule has 18 heavy (non-hydrogen) atoms. The van der Waals surface area contributed by atoms with E-state index in [0.717, 1.165) is 0 Å². The number of carbonyl (C=O) groups is 1. The second-order valence-electron chi connectivity index (χ2n) is 3.99. The second-order valence-corrected chi connectivity index (χ2v) is 4.83. The van der Waals surface area contributed by atoms with Gasteiger partial charge < -0.3 is 15.7 Å². The van der Waals surface area contributed by atoms with Gasteiger partial charge in [-0.25, -0.2) is 4.79 Å². The highest BCUT2D eigenvalue weighted by Crippen LogP contribution is 2.25. The van der Waals surface area contributed by atoms with Crippen molar-refractivity contribution in [2.24, 2.45) is 0 Å². The summed E-state index contributed by atoms with van der Waals surface area (Å²) >= 11 is 11.7. The first-order valence-corrected chi connectivity index (χ1v) is 6.42. The molecule has 0 saturated heterocycles. The van der Waals surface area contributed by atoms with Crippen LogP contribution in [0.3, 0.4) is 0 Å². The minimum absolute atomic E-state index is 0.0184. The third-order valence-electron chi connectivity index (χ3n) is 2.35. The van der Waals surface area contributed by atoms with E-state index >= 15 is 0 Å². The lowest BCUT2D eigenvalue weighted by molar-refractivity contribution is 0.245. The molecular formula is C12H16Cl2N2O2. The Morgan fingerprint density at radius 3 is 2.83 bits per heavy atom. The van der Waals surface area contributed by atoms with Crippen LogP contribution in [0, 0.1) is 0 Å². The van der Waals surface area contributed by atoms with Gasteiger partial charge in [-0.3, -0.25) is 0 Å². The SMILES string of the molecule is CC(CCCO)NC(=O)Nc1cc(Cl)ccc1Cl. The standard InChI is InChI=1S/C12H16Cl2N2O2/c1-8(3-2-6-17)15-12(18)16-11-7-9(13)4-5-10(11)14/h4-5,7-8,17H,2-3,6H2,1H3,(H2,15,16,18). The first-order valence-electron chi connectivity index (χ1n) is 5.66. The van der Waals surface area contributed by atoms with Gasteiger partial charge in [-0.2, -0.15) is 0 Å². The summed E-state index contributed by atoms with van der Waals surface area (Å²) in [5, 5.41) is 15.0. The third-order valence-corrected chi connectivity index (χ3v) is 2.91. The van der Waals surface area contributed by atoms with Crippen LogP contribution in [-0.4, -0.2) is 23.8 Å². The van der Waals surface area contributed by atoms with E-state index in [9.17, 15) is 4.79 Å². The number of halogens is 2. The van der Waals surface area contributed by atoms with Crippen LogP contribution in [0.25, 0.3) is 0 Å². The fourth-order valence-corrected chi connectivity index (χ4v) is 1.78. The van der Waals surface area contributed by atoms with Crippen molar-refractivity contribution in [3.05, 3.63) is 28.2 Å². The van der Waals surface area contributed by atoms with Crippen molar-refractivity contribution < 1.29 is 9.90 Å². The van der Waals surface area contributed by atoms with Gasteiger partial charge in [-0.05, 0) is 38.0 Å². The van der Waals surface area contributed by atoms with E-state index in [1.807, 2.05) is 6.92 Å². The van der Waals surface area contributed by atoms with Crippen LogP contribution in [0.15, 0.2) is 18.2 Å². The van der Waals surface area contributed by atoms with E-state index in [4.69, 9.17) is 28.3 Å². The molecule has 0 radical (unpaired) electrons. The first kappa shape index (κ1) is 15.1. The Morgan fingerprint density at radius 1 is 1.44 bits per heavy atom. The zero-order valence-electron chi connectivity index (χ0n) is 10.0. The summed E-state index contributed by atoms with van der Waals surface area (Å²) in [6, 6.07) is 4.49. The molecule has 1 aromatic rings. The van der Waals surface area contributed by atoms with Crippen LogP contribution in [0.5, 0.6) is 0 Å². The Balaban J connectivity index is 2.51. The molecule has 1 atom stereocenters. The number of carbonyl (C=O) groups excluding carboxylic acids is 1. The average molecular weight is 291 g/mol. The van der Waals surface area contributed by atoms with E-state index < -0.39 is 0 Å². The molecule has 0 aliphatic rings. The fourth-order valence-electron chi connectivity index (χ4n) is 1.45. The molecule has 2 amide bonds. The number of amides is 2. The number of urea groups is 1. The van der Waals surface area contributed by atoms with Crippen LogP contribution in [-0.2, 0) is 0 Å². The van der Waals surface area contributed by atoms with Crippen LogP contribution < -0.4 is 10.6 Å². The molecule has 1 unspecified atom stereocenters. The van der Waals surface area contributed by atoms with Crippen LogP contribution in [0.4, 0.5) is 10.5 Å². The largest absolute Gasteiger partial charge is 0.396 e. The van der Waals surface area contributed by atoms with Crippen molar-refractivity contribution in [1.29, 1.82) is 0 Å². The van der Waals surface area contributed by atoms with Crippen molar-refractivity contribution in [3.8, 4) is 0 Å². The smallest absolute Gasteiger partial charge is 0.319 e. The van der Waals surface area contributed by atoms with Gasteiger partial charge in [0.2, 0.25) is 0 Å². The molecule has 0 heterocycles. The molecule has 1 rings (SSSR count). The molecule has 0 fully saturated rings. The maximum absolute atomic E-state index is 11.7. The Kier molecular flexibility index (Phi) is 6.25. The van der Waals surface area contributed by atoms with Crippen LogP contribution >= 0.6 is 23.2 Å². The van der Waals surface area contributed by atoms with Gasteiger partial charge in [-0.1, -0.05) is 23.2 Å². The Hall–Kier alpha value is -0.970. The molecule has 0 bridgehead atoms. The zero-order valence-corrected chi connectivity index (χ0v) is 11.6. The summed E-state index contributed by atoms with van der Waals surface area (Å²) in [4.78, 5) is 11.7. The molecule has 0 aliphatic heterocycles. The third kappa shape index (κ3) is 5.12. The summed E-state index contributed by atoms with van der Waals surface area (Å²) in [7, 11) is 0. The van der Waals surface area contributed by atoms with Crippen molar-refractivity contribution in [2.75, 3.05) is 11.9 Å². The van der Waals surface area contributed by atoms with Gasteiger partial charge in [0.05, 0.1) is 10.7 Å². The summed E-state index contributed by atoms with van der Waals surface area (Å²) in [5.41, 5.74) is 0.469. The highest BCUT2D eigenvalue weighted by molar-refractivity contribution is 6.35. The summed E-state index contributed by atoms with van der Waals surface area (Å²) in [5.74, 6) is 0. The van der Waals surface area contributed by atoms with Gasteiger partial charge in [0.25, 0.3) is 0 Å². The highest BCUT2D eigenvalue weighted by Gasteiger charge is 2.09. The van der Waals surface area contributed by atoms with Crippen LogP contribution in [0.1, 0.15) is 19.8 Å². The number of aliphatic hydroxyl groups is 1. The predicted octanol–water partition coefficient (Wildman–Crippen LogP) is 3.28. The monoisotopic (exact) mass is 290 g/mol. The van der Waals surface area contributed by atoms with E-state index in [1.54, 1.807) is 18.2 Å². The van der Waals surface area contributed by atoms with Crippen LogP contribution in [0.2, 0.25) is 10.0 Å². The predicted molar refractivity (Wildman–Crippen MR) is 74.4 cm³/mol. The maximum Gasteiger partial charge on any atom is 0.319 e. The van der Waals surface area contributed by atoms with E-state index in [0.29, 0.717) is 28.6 Å². The topological polar surface area (TPSA) is 61.4 Å². The molecule has 1 aromatic carbocycles. The van der Waals surface area contributed by atoms with E-state index in [-0.39, 0.29) is 18.7 Å². The van der Waals surface area contributed by atoms with Gasteiger partial charge >= 0.3 is 6.03 Å². The average Bonchev–Trinajstić information content (AvgIpc) is 2.31. The molecule has 0 saturated carbocycles. The van der Waals surface area contributed by atoms with Crippen molar-refractivity contribution >= 4 is 34.9 Å². The summed E-state index contributed by atoms with van der Waals surface area (Å²) < 4.78 is 0. The minimum atomic E-state index is -0.343. The fraction of sp³-hybridized carbons (Fsp3) is 0.417. The maximum atomic E-state index is 11.7. The van der Waals surface area contributed by atoms with Gasteiger partial charge in [0.1, 0.15) is 0 Å². The molecule has 4 nitrogen and oxygen atoms in total. The molecule has 0 aromatic heterocycles. The molecule has 0 spiro atoms. The number of hydrogen-bond acceptors (Lipinski definition) is 2. The molecular weight excluding hydrogens is 275 g/mol. The normalized spacial score (nSPS) is 12.0. The van der Waals surface area contributed by atoms with E-state index in [2.05, 4.69) is 10.6 Å². The number of aliphatic hydroxyl groups excluding tert-OH is 1. The minimum Gasteiger partial charge on any atom is -0.396 e. The first-order chi connectivity index (χ1) is 8.52. The van der Waals surface area contributed by atoms with Gasteiger partial charge in [0, 0.05) is 17.7 Å². The number of rotatable bonds is 5. The summed E-state index contributed by atoms with van der Waals surface area (Å²) in [6.45, 7) is 1.99. The van der Waals surface area contributed by atoms with Gasteiger partial charge in [-0.15, -0.1) is 0 Å². The van der Waals surface area contributed by atoms with Crippen molar-refractivity contribution in [2.45, 2.75) is 25.8 Å². The number of anilines is 1. The van der Waals surface area contributed by atoms with Gasteiger partial charge in [0.15, 0.2) is 0 Å². The lowest BCUT2D eigenvalue weighted by atomic mass is 10.2. The summed E-state index contributed by atoms with van der Waals surface area (Å²) in [6.07, 6.45) is 1.37. The zero-order chi connectivity index (χ0) is 13.5. The van der Waals surface area contributed by atoms with Crippen molar-refractivity contribution in [1.82, 2.24) is 5.32 Å². The second kappa shape index (κ2) is 7.46. The number of benzene rings is 1. The lowest BCUT2D eigenvalue weighted by Crippen LogP contribution is -2.36. The molecule has 100 valence electrons.